The maximum Gasteiger partial charge on any atom is 0.00698 e. The molecular formula is C14H25N. The van der Waals surface area contributed by atoms with Gasteiger partial charge in [0.15, 0.2) is 0 Å². The van der Waals surface area contributed by atoms with Crippen LogP contribution in [0, 0.1) is 5.92 Å². The molecule has 15 heavy (non-hydrogen) atoms. The fourth-order valence-corrected chi connectivity index (χ4v) is 2.96. The van der Waals surface area contributed by atoms with Gasteiger partial charge < -0.3 is 5.32 Å². The fourth-order valence-electron chi connectivity index (χ4n) is 2.96. The van der Waals surface area contributed by atoms with Crippen molar-refractivity contribution in [1.29, 1.82) is 0 Å². The summed E-state index contributed by atoms with van der Waals surface area (Å²) in [6.45, 7) is 3.59. The van der Waals surface area contributed by atoms with Crippen LogP contribution in [0.1, 0.15) is 58.3 Å². The Labute approximate surface area is 94.3 Å². The van der Waals surface area contributed by atoms with E-state index < -0.39 is 0 Å². The molecule has 1 nitrogen and oxygen atoms in total. The summed E-state index contributed by atoms with van der Waals surface area (Å²) >= 11 is 0. The molecular weight excluding hydrogens is 182 g/mol. The van der Waals surface area contributed by atoms with Crippen molar-refractivity contribution in [3.05, 3.63) is 11.6 Å². The molecule has 0 aliphatic heterocycles. The van der Waals surface area contributed by atoms with Crippen LogP contribution in [0.4, 0.5) is 0 Å². The van der Waals surface area contributed by atoms with Gasteiger partial charge in [-0.1, -0.05) is 18.6 Å². The molecule has 0 aromatic carbocycles. The number of hydrogen-bond donors (Lipinski definition) is 1. The standard InChI is InChI=1S/C14H25N/c1-12-7-8-14(11-12)15-10-9-13-5-3-2-4-6-13/h5,12,14-15H,2-4,6-11H2,1H3/t12-,14+/m0/s1. The predicted octanol–water partition coefficient (Wildman–Crippen LogP) is 3.66. The van der Waals surface area contributed by atoms with Crippen molar-refractivity contribution in [2.24, 2.45) is 5.92 Å². The monoisotopic (exact) mass is 207 g/mol. The zero-order chi connectivity index (χ0) is 10.5. The topological polar surface area (TPSA) is 12.0 Å². The minimum absolute atomic E-state index is 0.823. The highest BCUT2D eigenvalue weighted by Gasteiger charge is 2.20. The number of rotatable bonds is 4. The molecule has 0 amide bonds. The minimum atomic E-state index is 0.823. The van der Waals surface area contributed by atoms with E-state index in [4.69, 9.17) is 0 Å². The van der Waals surface area contributed by atoms with Crippen LogP contribution in [0.15, 0.2) is 11.6 Å². The van der Waals surface area contributed by atoms with Gasteiger partial charge in [0.25, 0.3) is 0 Å². The number of hydrogen-bond acceptors (Lipinski definition) is 1. The summed E-state index contributed by atoms with van der Waals surface area (Å²) in [4.78, 5) is 0. The van der Waals surface area contributed by atoms with Gasteiger partial charge in [-0.3, -0.25) is 0 Å². The average molecular weight is 207 g/mol. The molecule has 0 unspecified atom stereocenters. The van der Waals surface area contributed by atoms with Crippen molar-refractivity contribution in [3.8, 4) is 0 Å². The smallest absolute Gasteiger partial charge is 0.00698 e. The van der Waals surface area contributed by atoms with Gasteiger partial charge in [0.1, 0.15) is 0 Å². The molecule has 2 aliphatic rings. The van der Waals surface area contributed by atoms with E-state index in [-0.39, 0.29) is 0 Å². The zero-order valence-electron chi connectivity index (χ0n) is 10.1. The first-order chi connectivity index (χ1) is 7.34. The molecule has 1 heteroatoms. The highest BCUT2D eigenvalue weighted by Crippen LogP contribution is 2.25. The normalized spacial score (nSPS) is 31.7. The lowest BCUT2D eigenvalue weighted by atomic mass is 9.97. The summed E-state index contributed by atoms with van der Waals surface area (Å²) in [5.41, 5.74) is 1.71. The molecule has 1 N–H and O–H groups in total. The van der Waals surface area contributed by atoms with E-state index in [1.54, 1.807) is 5.57 Å². The molecule has 2 rings (SSSR count). The zero-order valence-corrected chi connectivity index (χ0v) is 10.1. The van der Waals surface area contributed by atoms with Crippen molar-refractivity contribution in [2.75, 3.05) is 6.54 Å². The molecule has 2 atom stereocenters. The molecule has 0 heterocycles. The number of allylic oxidation sites excluding steroid dienone is 1. The molecule has 86 valence electrons. The third kappa shape index (κ3) is 3.64. The van der Waals surface area contributed by atoms with E-state index in [0.717, 1.165) is 12.0 Å². The average Bonchev–Trinajstić information content (AvgIpc) is 2.66. The Balaban J connectivity index is 1.60. The maximum absolute atomic E-state index is 3.72. The third-order valence-corrected chi connectivity index (χ3v) is 3.96. The molecule has 2 aliphatic carbocycles. The molecule has 0 saturated heterocycles. The van der Waals surface area contributed by atoms with E-state index in [1.165, 1.54) is 57.9 Å². The van der Waals surface area contributed by atoms with E-state index in [9.17, 15) is 0 Å². The summed E-state index contributed by atoms with van der Waals surface area (Å²) in [6.07, 6.45) is 13.5. The third-order valence-electron chi connectivity index (χ3n) is 3.96. The molecule has 1 fully saturated rings. The van der Waals surface area contributed by atoms with Crippen LogP contribution < -0.4 is 5.32 Å². The van der Waals surface area contributed by atoms with Crippen molar-refractivity contribution < 1.29 is 0 Å². The first-order valence-electron chi connectivity index (χ1n) is 6.76. The second-order valence-electron chi connectivity index (χ2n) is 5.43. The Bertz CT molecular complexity index is 219. The summed E-state index contributed by atoms with van der Waals surface area (Å²) in [6, 6.07) is 0.823. The van der Waals surface area contributed by atoms with Crippen molar-refractivity contribution in [3.63, 3.8) is 0 Å². The Hall–Kier alpha value is -0.300. The van der Waals surface area contributed by atoms with Gasteiger partial charge in [-0.05, 0) is 63.8 Å². The van der Waals surface area contributed by atoms with Gasteiger partial charge in [-0.2, -0.15) is 0 Å². The molecule has 0 bridgehead atoms. The Kier molecular flexibility index (Phi) is 4.25. The Morgan fingerprint density at radius 3 is 2.93 bits per heavy atom. The quantitative estimate of drug-likeness (QED) is 0.694. The Morgan fingerprint density at radius 2 is 2.27 bits per heavy atom. The van der Waals surface area contributed by atoms with Crippen LogP contribution in [-0.2, 0) is 0 Å². The first kappa shape index (κ1) is 11.2. The van der Waals surface area contributed by atoms with E-state index in [1.807, 2.05) is 0 Å². The lowest BCUT2D eigenvalue weighted by Gasteiger charge is -2.15. The molecule has 0 aromatic heterocycles. The Morgan fingerprint density at radius 1 is 1.33 bits per heavy atom. The van der Waals surface area contributed by atoms with Crippen LogP contribution in [-0.4, -0.2) is 12.6 Å². The van der Waals surface area contributed by atoms with Gasteiger partial charge >= 0.3 is 0 Å². The van der Waals surface area contributed by atoms with Gasteiger partial charge in [0.2, 0.25) is 0 Å². The van der Waals surface area contributed by atoms with Crippen molar-refractivity contribution in [1.82, 2.24) is 5.32 Å². The lowest BCUT2D eigenvalue weighted by molar-refractivity contribution is 0.500. The summed E-state index contributed by atoms with van der Waals surface area (Å²) < 4.78 is 0. The highest BCUT2D eigenvalue weighted by atomic mass is 14.9. The van der Waals surface area contributed by atoms with E-state index in [0.29, 0.717) is 0 Å². The van der Waals surface area contributed by atoms with Gasteiger partial charge in [-0.15, -0.1) is 0 Å². The minimum Gasteiger partial charge on any atom is -0.314 e. The summed E-state index contributed by atoms with van der Waals surface area (Å²) in [5, 5.41) is 3.72. The van der Waals surface area contributed by atoms with Crippen molar-refractivity contribution in [2.45, 2.75) is 64.3 Å². The second kappa shape index (κ2) is 5.69. The van der Waals surface area contributed by atoms with Crippen LogP contribution in [0.2, 0.25) is 0 Å². The highest BCUT2D eigenvalue weighted by molar-refractivity contribution is 5.05. The van der Waals surface area contributed by atoms with Crippen molar-refractivity contribution >= 4 is 0 Å². The summed E-state index contributed by atoms with van der Waals surface area (Å²) in [5.74, 6) is 0.955. The molecule has 0 radical (unpaired) electrons. The second-order valence-corrected chi connectivity index (χ2v) is 5.43. The van der Waals surface area contributed by atoms with E-state index >= 15 is 0 Å². The van der Waals surface area contributed by atoms with Gasteiger partial charge in [-0.25, -0.2) is 0 Å². The van der Waals surface area contributed by atoms with Gasteiger partial charge in [0.05, 0.1) is 0 Å². The maximum atomic E-state index is 3.72. The summed E-state index contributed by atoms with van der Waals surface area (Å²) in [7, 11) is 0. The predicted molar refractivity (Wildman–Crippen MR) is 66.0 cm³/mol. The lowest BCUT2D eigenvalue weighted by Crippen LogP contribution is -2.27. The van der Waals surface area contributed by atoms with Crippen LogP contribution in [0.5, 0.6) is 0 Å². The fraction of sp³-hybridized carbons (Fsp3) is 0.857. The number of nitrogens with one attached hydrogen (secondary N) is 1. The van der Waals surface area contributed by atoms with Crippen LogP contribution in [0.3, 0.4) is 0 Å². The van der Waals surface area contributed by atoms with E-state index in [2.05, 4.69) is 18.3 Å². The first-order valence-corrected chi connectivity index (χ1v) is 6.76. The molecule has 0 aromatic rings. The van der Waals surface area contributed by atoms with Gasteiger partial charge in [0, 0.05) is 6.04 Å². The largest absolute Gasteiger partial charge is 0.314 e. The molecule has 1 saturated carbocycles. The molecule has 0 spiro atoms. The van der Waals surface area contributed by atoms with Crippen LogP contribution >= 0.6 is 0 Å². The SMILES string of the molecule is C[C@H]1CC[C@@H](NCCC2=CCCCC2)C1. The van der Waals surface area contributed by atoms with Crippen LogP contribution in [0.25, 0.3) is 0 Å².